The second-order valence-electron chi connectivity index (χ2n) is 2.76. The lowest BCUT2D eigenvalue weighted by molar-refractivity contribution is -0.0601. The minimum Gasteiger partial charge on any atom is -0.256 e. The number of amidine groups is 1. The van der Waals surface area contributed by atoms with Crippen molar-refractivity contribution in [2.24, 2.45) is 9.98 Å². The van der Waals surface area contributed by atoms with Gasteiger partial charge in [-0.3, -0.25) is 4.99 Å². The number of rotatable bonds is 2. The molecule has 0 spiro atoms. The third-order valence-electron chi connectivity index (χ3n) is 1.50. The van der Waals surface area contributed by atoms with E-state index >= 15 is 0 Å². The molecule has 0 N–H and O–H groups in total. The summed E-state index contributed by atoms with van der Waals surface area (Å²) in [5, 5.41) is 0. The molecular formula is C8H12F4N2. The lowest BCUT2D eigenvalue weighted by atomic mass is 10.2. The summed E-state index contributed by atoms with van der Waals surface area (Å²) in [5.74, 6) is -1.29. The van der Waals surface area contributed by atoms with Gasteiger partial charge in [-0.05, 0) is 20.8 Å². The van der Waals surface area contributed by atoms with E-state index in [9.17, 15) is 17.6 Å². The summed E-state index contributed by atoms with van der Waals surface area (Å²) >= 11 is 0. The zero-order valence-corrected chi connectivity index (χ0v) is 8.14. The molecule has 0 heterocycles. The van der Waals surface area contributed by atoms with Crippen LogP contribution in [-0.2, 0) is 0 Å². The summed E-state index contributed by atoms with van der Waals surface area (Å²) in [6, 6.07) is -1.05. The molecule has 1 unspecified atom stereocenters. The van der Waals surface area contributed by atoms with Crippen LogP contribution in [0.25, 0.3) is 0 Å². The van der Waals surface area contributed by atoms with Crippen LogP contribution in [0, 0.1) is 0 Å². The van der Waals surface area contributed by atoms with Crippen molar-refractivity contribution < 1.29 is 17.6 Å². The summed E-state index contributed by atoms with van der Waals surface area (Å²) in [5.41, 5.74) is 0. The Bertz CT molecular complexity index is 230. The van der Waals surface area contributed by atoms with E-state index in [0.29, 0.717) is 0 Å². The Hall–Kier alpha value is -0.940. The third-order valence-corrected chi connectivity index (χ3v) is 1.50. The number of halogens is 4. The minimum atomic E-state index is -4.63. The quantitative estimate of drug-likeness (QED) is 0.382. The van der Waals surface area contributed by atoms with Gasteiger partial charge >= 0.3 is 6.18 Å². The zero-order valence-electron chi connectivity index (χ0n) is 8.14. The lowest BCUT2D eigenvalue weighted by Crippen LogP contribution is -2.25. The molecule has 0 amide bonds. The third kappa shape index (κ3) is 4.34. The summed E-state index contributed by atoms with van der Waals surface area (Å²) in [6.07, 6.45) is -5.09. The van der Waals surface area contributed by atoms with Crippen molar-refractivity contribution in [3.8, 4) is 0 Å². The van der Waals surface area contributed by atoms with E-state index in [1.54, 1.807) is 0 Å². The minimum absolute atomic E-state index is 0.974. The van der Waals surface area contributed by atoms with Crippen LogP contribution in [0.5, 0.6) is 0 Å². The molecule has 0 saturated carbocycles. The van der Waals surface area contributed by atoms with Crippen LogP contribution in [-0.4, -0.2) is 30.4 Å². The Kier molecular flexibility index (Phi) is 4.73. The molecular weight excluding hydrogens is 200 g/mol. The number of hydrogen-bond donors (Lipinski definition) is 0. The molecule has 0 radical (unpaired) electrons. The van der Waals surface area contributed by atoms with Gasteiger partial charge in [0.25, 0.3) is 0 Å². The Morgan fingerprint density at radius 3 is 2.07 bits per heavy atom. The molecule has 0 fully saturated rings. The van der Waals surface area contributed by atoms with Gasteiger partial charge in [-0.1, -0.05) is 0 Å². The molecule has 0 saturated heterocycles. The van der Waals surface area contributed by atoms with Gasteiger partial charge in [0.1, 0.15) is 6.17 Å². The first-order valence-electron chi connectivity index (χ1n) is 4.06. The van der Waals surface area contributed by atoms with Crippen LogP contribution in [0.1, 0.15) is 20.8 Å². The maximum atomic E-state index is 12.6. The highest BCUT2D eigenvalue weighted by Gasteiger charge is 2.36. The van der Waals surface area contributed by atoms with Gasteiger partial charge in [0, 0.05) is 6.21 Å². The van der Waals surface area contributed by atoms with Gasteiger partial charge < -0.3 is 0 Å². The average molecular weight is 212 g/mol. The molecule has 0 rings (SSSR count). The first-order chi connectivity index (χ1) is 6.29. The molecule has 2 nitrogen and oxygen atoms in total. The first kappa shape index (κ1) is 13.1. The van der Waals surface area contributed by atoms with Crippen LogP contribution in [0.3, 0.4) is 0 Å². The Morgan fingerprint density at radius 2 is 1.79 bits per heavy atom. The Balaban J connectivity index is 4.83. The van der Waals surface area contributed by atoms with Gasteiger partial charge in [-0.15, -0.1) is 0 Å². The van der Waals surface area contributed by atoms with E-state index < -0.39 is 24.2 Å². The molecule has 82 valence electrons. The molecule has 0 bridgehead atoms. The molecule has 0 aliphatic heterocycles. The summed E-state index contributed by atoms with van der Waals surface area (Å²) in [4.78, 5) is 6.21. The van der Waals surface area contributed by atoms with E-state index in [-0.39, 0.29) is 0 Å². The van der Waals surface area contributed by atoms with Crippen molar-refractivity contribution >= 4 is 12.1 Å². The summed E-state index contributed by atoms with van der Waals surface area (Å²) in [7, 11) is 0. The maximum Gasteiger partial charge on any atom is 0.451 e. The molecule has 14 heavy (non-hydrogen) atoms. The SMILES string of the molecule is CC=NC(=N[C@H](C)C(C)F)C(F)(F)F. The van der Waals surface area contributed by atoms with E-state index in [4.69, 9.17) is 0 Å². The highest BCUT2D eigenvalue weighted by Crippen LogP contribution is 2.19. The van der Waals surface area contributed by atoms with Crippen molar-refractivity contribution in [3.63, 3.8) is 0 Å². The van der Waals surface area contributed by atoms with Gasteiger partial charge in [-0.2, -0.15) is 13.2 Å². The van der Waals surface area contributed by atoms with Crippen molar-refractivity contribution in [1.29, 1.82) is 0 Å². The summed E-state index contributed by atoms with van der Waals surface area (Å²) in [6.45, 7) is 3.75. The lowest BCUT2D eigenvalue weighted by Gasteiger charge is -2.11. The van der Waals surface area contributed by atoms with Crippen molar-refractivity contribution in [2.45, 2.75) is 39.2 Å². The predicted molar refractivity (Wildman–Crippen MR) is 47.7 cm³/mol. The second kappa shape index (κ2) is 5.07. The molecule has 0 aromatic rings. The smallest absolute Gasteiger partial charge is 0.256 e. The van der Waals surface area contributed by atoms with Crippen LogP contribution < -0.4 is 0 Å². The molecule has 0 aromatic heterocycles. The highest BCUT2D eigenvalue weighted by molar-refractivity contribution is 5.93. The van der Waals surface area contributed by atoms with E-state index in [1.807, 2.05) is 0 Å². The van der Waals surface area contributed by atoms with Crippen LogP contribution in [0.15, 0.2) is 9.98 Å². The highest BCUT2D eigenvalue weighted by atomic mass is 19.4. The summed E-state index contributed by atoms with van der Waals surface area (Å²) < 4.78 is 49.0. The average Bonchev–Trinajstić information content (AvgIpc) is 2.01. The topological polar surface area (TPSA) is 24.7 Å². The molecule has 0 aromatic carbocycles. The number of hydrogen-bond acceptors (Lipinski definition) is 1. The van der Waals surface area contributed by atoms with Crippen molar-refractivity contribution in [1.82, 2.24) is 0 Å². The fraction of sp³-hybridized carbons (Fsp3) is 0.750. The fourth-order valence-corrected chi connectivity index (χ4v) is 0.598. The van der Waals surface area contributed by atoms with E-state index in [2.05, 4.69) is 9.98 Å². The Labute approximate surface area is 79.7 Å². The second-order valence-corrected chi connectivity index (χ2v) is 2.76. The van der Waals surface area contributed by atoms with Crippen molar-refractivity contribution in [2.75, 3.05) is 0 Å². The normalized spacial score (nSPS) is 18.6. The predicted octanol–water partition coefficient (Wildman–Crippen LogP) is 2.78. The maximum absolute atomic E-state index is 12.6. The molecule has 6 heteroatoms. The number of alkyl halides is 4. The van der Waals surface area contributed by atoms with E-state index in [0.717, 1.165) is 13.1 Å². The zero-order chi connectivity index (χ0) is 11.4. The van der Waals surface area contributed by atoms with Gasteiger partial charge in [0.2, 0.25) is 5.84 Å². The van der Waals surface area contributed by atoms with Crippen LogP contribution in [0.4, 0.5) is 17.6 Å². The largest absolute Gasteiger partial charge is 0.451 e. The Morgan fingerprint density at radius 1 is 1.29 bits per heavy atom. The first-order valence-corrected chi connectivity index (χ1v) is 4.06. The molecule has 0 aliphatic carbocycles. The van der Waals surface area contributed by atoms with Crippen molar-refractivity contribution in [3.05, 3.63) is 0 Å². The monoisotopic (exact) mass is 212 g/mol. The van der Waals surface area contributed by atoms with Gasteiger partial charge in [0.15, 0.2) is 0 Å². The van der Waals surface area contributed by atoms with Gasteiger partial charge in [-0.25, -0.2) is 9.38 Å². The number of nitrogens with zero attached hydrogens (tertiary/aromatic N) is 2. The molecule has 0 aliphatic rings. The number of aliphatic imine (C=N–C) groups is 2. The van der Waals surface area contributed by atoms with Gasteiger partial charge in [0.05, 0.1) is 6.04 Å². The van der Waals surface area contributed by atoms with Crippen LogP contribution in [0.2, 0.25) is 0 Å². The standard InChI is InChI=1S/C8H12F4N2/c1-4-13-7(8(10,11)12)14-6(3)5(2)9/h4-6H,1-3H3/t5?,6-/m1/s1. The van der Waals surface area contributed by atoms with Crippen LogP contribution >= 0.6 is 0 Å². The van der Waals surface area contributed by atoms with E-state index in [1.165, 1.54) is 13.8 Å². The fourth-order valence-electron chi connectivity index (χ4n) is 0.598. The molecule has 2 atom stereocenters.